The Kier molecular flexibility index (Phi) is 6.12. The molecule has 0 bridgehead atoms. The third-order valence-electron chi connectivity index (χ3n) is 1.86. The fraction of sp³-hybridized carbons (Fsp3) is 0.182. The maximum Gasteiger partial charge on any atom is 0.0659 e. The molecule has 5 heteroatoms. The van der Waals surface area contributed by atoms with Crippen LogP contribution >= 0.6 is 40.0 Å². The zero-order chi connectivity index (χ0) is 12.0. The van der Waals surface area contributed by atoms with E-state index in [0.29, 0.717) is 11.4 Å². The second-order valence-electron chi connectivity index (χ2n) is 2.94. The van der Waals surface area contributed by atoms with Gasteiger partial charge in [0.1, 0.15) is 0 Å². The van der Waals surface area contributed by atoms with E-state index in [-0.39, 0.29) is 0 Å². The standard InChI is InChI=1S/C11H11ClIN2P/c1-2-3-4-8-5-9(7-14)11(15-16-13)10(12)6-8/h5-7,14-16H,2H2,1H3. The number of halogens is 2. The lowest BCUT2D eigenvalue weighted by molar-refractivity contribution is 1.28. The van der Waals surface area contributed by atoms with Crippen molar-refractivity contribution in [2.75, 3.05) is 5.09 Å². The molecule has 0 aliphatic carbocycles. The predicted octanol–water partition coefficient (Wildman–Crippen LogP) is 4.45. The Morgan fingerprint density at radius 3 is 2.94 bits per heavy atom. The van der Waals surface area contributed by atoms with Crippen LogP contribution in [0.15, 0.2) is 12.1 Å². The third-order valence-corrected chi connectivity index (χ3v) is 3.31. The SMILES string of the molecule is CCC#Cc1cc(Cl)c(NPI)c(C=N)c1. The van der Waals surface area contributed by atoms with E-state index >= 15 is 0 Å². The van der Waals surface area contributed by atoms with Crippen molar-refractivity contribution in [1.29, 1.82) is 5.41 Å². The average molecular weight is 365 g/mol. The summed E-state index contributed by atoms with van der Waals surface area (Å²) in [5.41, 5.74) is 2.44. The van der Waals surface area contributed by atoms with Gasteiger partial charge in [0.15, 0.2) is 0 Å². The van der Waals surface area contributed by atoms with Crippen LogP contribution in [0.2, 0.25) is 5.02 Å². The van der Waals surface area contributed by atoms with Crippen molar-refractivity contribution in [3.8, 4) is 11.8 Å². The van der Waals surface area contributed by atoms with E-state index in [0.717, 1.165) is 23.2 Å². The largest absolute Gasteiger partial charge is 0.357 e. The van der Waals surface area contributed by atoms with Gasteiger partial charge in [-0.2, -0.15) is 0 Å². The van der Waals surface area contributed by atoms with Crippen LogP contribution < -0.4 is 5.09 Å². The van der Waals surface area contributed by atoms with Gasteiger partial charge >= 0.3 is 0 Å². The Morgan fingerprint density at radius 1 is 1.62 bits per heavy atom. The van der Waals surface area contributed by atoms with Crippen LogP contribution in [0.5, 0.6) is 0 Å². The van der Waals surface area contributed by atoms with Crippen LogP contribution in [0.4, 0.5) is 5.69 Å². The molecule has 2 nitrogen and oxygen atoms in total. The van der Waals surface area contributed by atoms with Crippen molar-refractivity contribution in [1.82, 2.24) is 0 Å². The highest BCUT2D eigenvalue weighted by molar-refractivity contribution is 14.2. The highest BCUT2D eigenvalue weighted by Gasteiger charge is 2.06. The van der Waals surface area contributed by atoms with Crippen molar-refractivity contribution in [2.24, 2.45) is 0 Å². The summed E-state index contributed by atoms with van der Waals surface area (Å²) in [5.74, 6) is 6.00. The summed E-state index contributed by atoms with van der Waals surface area (Å²) < 4.78 is 0. The highest BCUT2D eigenvalue weighted by Crippen LogP contribution is 2.33. The topological polar surface area (TPSA) is 35.9 Å². The first kappa shape index (κ1) is 13.8. The fourth-order valence-corrected chi connectivity index (χ4v) is 2.72. The lowest BCUT2D eigenvalue weighted by atomic mass is 10.1. The number of hydrogen-bond acceptors (Lipinski definition) is 2. The molecule has 0 heterocycles. The van der Waals surface area contributed by atoms with E-state index in [1.807, 2.05) is 19.1 Å². The monoisotopic (exact) mass is 364 g/mol. The molecule has 2 N–H and O–H groups in total. The number of rotatable bonds is 3. The summed E-state index contributed by atoms with van der Waals surface area (Å²) in [6.07, 6.45) is 2.63. The molecule has 84 valence electrons. The molecule has 0 radical (unpaired) electrons. The zero-order valence-corrected chi connectivity index (χ0v) is 12.6. The van der Waals surface area contributed by atoms with Crippen molar-refractivity contribution < 1.29 is 0 Å². The van der Waals surface area contributed by atoms with Crippen LogP contribution in [0, 0.1) is 17.3 Å². The molecule has 0 fully saturated rings. The Morgan fingerprint density at radius 2 is 2.38 bits per heavy atom. The van der Waals surface area contributed by atoms with E-state index in [9.17, 15) is 0 Å². The summed E-state index contributed by atoms with van der Waals surface area (Å²) >= 11 is 8.37. The van der Waals surface area contributed by atoms with Crippen LogP contribution in [0.1, 0.15) is 24.5 Å². The first-order valence-corrected chi connectivity index (χ1v) is 9.16. The van der Waals surface area contributed by atoms with Gasteiger partial charge in [-0.1, -0.05) is 30.4 Å². The fourth-order valence-electron chi connectivity index (χ4n) is 1.18. The van der Waals surface area contributed by atoms with Gasteiger partial charge in [-0.15, -0.1) is 0 Å². The van der Waals surface area contributed by atoms with Gasteiger partial charge < -0.3 is 10.5 Å². The van der Waals surface area contributed by atoms with E-state index in [1.54, 1.807) is 0 Å². The van der Waals surface area contributed by atoms with E-state index in [4.69, 9.17) is 17.0 Å². The average Bonchev–Trinajstić information content (AvgIpc) is 2.29. The Bertz CT molecular complexity index is 451. The summed E-state index contributed by atoms with van der Waals surface area (Å²) in [6.45, 7) is 2.00. The smallest absolute Gasteiger partial charge is 0.0659 e. The van der Waals surface area contributed by atoms with Crippen molar-refractivity contribution in [2.45, 2.75) is 13.3 Å². The van der Waals surface area contributed by atoms with Gasteiger partial charge in [-0.05, 0) is 34.2 Å². The van der Waals surface area contributed by atoms with Gasteiger partial charge in [0.25, 0.3) is 0 Å². The van der Waals surface area contributed by atoms with Gasteiger partial charge in [0, 0.05) is 30.1 Å². The number of hydrogen-bond donors (Lipinski definition) is 2. The Balaban J connectivity index is 3.20. The van der Waals surface area contributed by atoms with Crippen molar-refractivity contribution >= 4 is 51.9 Å². The van der Waals surface area contributed by atoms with Gasteiger partial charge in [-0.25, -0.2) is 0 Å². The molecule has 1 rings (SSSR count). The number of nitrogens with one attached hydrogen (secondary N) is 2. The van der Waals surface area contributed by atoms with E-state index in [2.05, 4.69) is 39.0 Å². The quantitative estimate of drug-likeness (QED) is 0.353. The molecule has 16 heavy (non-hydrogen) atoms. The molecule has 0 saturated heterocycles. The molecule has 1 aromatic rings. The molecule has 1 atom stereocenters. The molecule has 0 aliphatic rings. The summed E-state index contributed by atoms with van der Waals surface area (Å²) in [7, 11) is 0. The number of anilines is 1. The predicted molar refractivity (Wildman–Crippen MR) is 82.5 cm³/mol. The summed E-state index contributed by atoms with van der Waals surface area (Å²) in [5, 5.41) is 11.1. The first-order chi connectivity index (χ1) is 7.72. The minimum atomic E-state index is 0.525. The molecule has 0 amide bonds. The maximum atomic E-state index is 7.36. The van der Waals surface area contributed by atoms with Crippen molar-refractivity contribution in [3.05, 3.63) is 28.3 Å². The normalized spacial score (nSPS) is 9.94. The van der Waals surface area contributed by atoms with Gasteiger partial charge in [0.05, 0.1) is 10.7 Å². The number of benzene rings is 1. The molecular weight excluding hydrogens is 353 g/mol. The Hall–Kier alpha value is -0.300. The van der Waals surface area contributed by atoms with Crippen LogP contribution in [-0.2, 0) is 0 Å². The second kappa shape index (κ2) is 7.11. The maximum absolute atomic E-state index is 7.36. The molecule has 0 spiro atoms. The third kappa shape index (κ3) is 3.62. The Labute approximate surface area is 115 Å². The second-order valence-corrected chi connectivity index (χ2v) is 5.41. The molecule has 1 aromatic carbocycles. The van der Waals surface area contributed by atoms with Crippen molar-refractivity contribution in [3.63, 3.8) is 0 Å². The van der Waals surface area contributed by atoms with Crippen LogP contribution in [0.25, 0.3) is 0 Å². The van der Waals surface area contributed by atoms with E-state index < -0.39 is 0 Å². The summed E-state index contributed by atoms with van der Waals surface area (Å²) in [6, 6.07) is 3.71. The molecule has 0 aromatic heterocycles. The first-order valence-electron chi connectivity index (χ1n) is 4.67. The van der Waals surface area contributed by atoms with Gasteiger partial charge in [-0.3, -0.25) is 0 Å². The molecule has 0 aliphatic heterocycles. The van der Waals surface area contributed by atoms with Crippen LogP contribution in [0.3, 0.4) is 0 Å². The van der Waals surface area contributed by atoms with E-state index in [1.165, 1.54) is 6.21 Å². The summed E-state index contributed by atoms with van der Waals surface area (Å²) in [4.78, 5) is 0. The lowest BCUT2D eigenvalue weighted by Crippen LogP contribution is -1.93. The van der Waals surface area contributed by atoms with Crippen LogP contribution in [-0.4, -0.2) is 6.21 Å². The minimum absolute atomic E-state index is 0.525. The minimum Gasteiger partial charge on any atom is -0.357 e. The molecule has 0 saturated carbocycles. The van der Waals surface area contributed by atoms with Gasteiger partial charge in [0.2, 0.25) is 0 Å². The molecular formula is C11H11ClIN2P. The lowest BCUT2D eigenvalue weighted by Gasteiger charge is -2.09. The zero-order valence-electron chi connectivity index (χ0n) is 8.70. The molecule has 1 unspecified atom stereocenters. The highest BCUT2D eigenvalue weighted by atomic mass is 127.